The first kappa shape index (κ1) is 13.9. The maximum absolute atomic E-state index is 11.8. The fourth-order valence-corrected chi connectivity index (χ4v) is 3.09. The summed E-state index contributed by atoms with van der Waals surface area (Å²) >= 11 is 0. The molecule has 0 saturated carbocycles. The van der Waals surface area contributed by atoms with E-state index >= 15 is 0 Å². The molecule has 6 heteroatoms. The fraction of sp³-hybridized carbons (Fsp3) is 0.692. The van der Waals surface area contributed by atoms with E-state index in [4.69, 9.17) is 9.47 Å². The minimum Gasteiger partial charge on any atom is -0.481 e. The van der Waals surface area contributed by atoms with Crippen LogP contribution in [-0.2, 0) is 14.3 Å². The lowest BCUT2D eigenvalue weighted by Crippen LogP contribution is -2.51. The maximum Gasteiger partial charge on any atom is 0.410 e. The molecule has 0 bridgehead atoms. The van der Waals surface area contributed by atoms with Crippen molar-refractivity contribution >= 4 is 12.1 Å². The number of hydrogen-bond donors (Lipinski definition) is 1. The van der Waals surface area contributed by atoms with Gasteiger partial charge in [-0.15, -0.1) is 0 Å². The number of carbonyl (C=O) groups is 2. The third kappa shape index (κ3) is 1.90. The van der Waals surface area contributed by atoms with E-state index in [-0.39, 0.29) is 19.1 Å². The Balaban J connectivity index is 2.20. The summed E-state index contributed by atoms with van der Waals surface area (Å²) in [4.78, 5) is 25.0. The second-order valence-corrected chi connectivity index (χ2v) is 5.54. The summed E-state index contributed by atoms with van der Waals surface area (Å²) in [5.74, 6) is -1.12. The SMILES string of the molecule is C=CCOC(=O)N1C[C@H]2COC(C)(C)[C@@]2(C(=O)O)C1. The van der Waals surface area contributed by atoms with E-state index in [0.29, 0.717) is 13.2 Å². The van der Waals surface area contributed by atoms with Crippen molar-refractivity contribution in [1.29, 1.82) is 0 Å². The van der Waals surface area contributed by atoms with Gasteiger partial charge in [-0.3, -0.25) is 4.79 Å². The van der Waals surface area contributed by atoms with Crippen LogP contribution in [0.15, 0.2) is 12.7 Å². The molecule has 106 valence electrons. The minimum atomic E-state index is -1.06. The van der Waals surface area contributed by atoms with Crippen LogP contribution in [0.2, 0.25) is 0 Å². The smallest absolute Gasteiger partial charge is 0.410 e. The molecule has 2 aliphatic heterocycles. The van der Waals surface area contributed by atoms with Crippen molar-refractivity contribution in [3.8, 4) is 0 Å². The van der Waals surface area contributed by atoms with Crippen LogP contribution < -0.4 is 0 Å². The Morgan fingerprint density at radius 1 is 1.58 bits per heavy atom. The molecule has 19 heavy (non-hydrogen) atoms. The summed E-state index contributed by atoms with van der Waals surface area (Å²) in [5.41, 5.74) is -1.85. The number of carboxylic acid groups (broad SMARTS) is 1. The number of carbonyl (C=O) groups excluding carboxylic acids is 1. The van der Waals surface area contributed by atoms with Crippen molar-refractivity contribution in [3.05, 3.63) is 12.7 Å². The number of carboxylic acids is 1. The van der Waals surface area contributed by atoms with Crippen LogP contribution in [0.25, 0.3) is 0 Å². The predicted octanol–water partition coefficient (Wildman–Crippen LogP) is 1.12. The first-order chi connectivity index (χ1) is 8.85. The highest BCUT2D eigenvalue weighted by Gasteiger charge is 2.66. The van der Waals surface area contributed by atoms with Crippen LogP contribution in [0.1, 0.15) is 13.8 Å². The number of nitrogens with zero attached hydrogens (tertiary/aromatic N) is 1. The maximum atomic E-state index is 11.8. The molecule has 0 radical (unpaired) electrons. The van der Waals surface area contributed by atoms with Gasteiger partial charge in [0.05, 0.1) is 12.2 Å². The van der Waals surface area contributed by atoms with Gasteiger partial charge in [-0.1, -0.05) is 12.7 Å². The average Bonchev–Trinajstić information content (AvgIpc) is 2.84. The lowest BCUT2D eigenvalue weighted by molar-refractivity contribution is -0.158. The van der Waals surface area contributed by atoms with Gasteiger partial charge in [-0.05, 0) is 13.8 Å². The zero-order chi connectivity index (χ0) is 14.3. The van der Waals surface area contributed by atoms with Gasteiger partial charge in [0.15, 0.2) is 0 Å². The largest absolute Gasteiger partial charge is 0.481 e. The molecule has 2 heterocycles. The van der Waals surface area contributed by atoms with Gasteiger partial charge in [-0.25, -0.2) is 4.79 Å². The molecule has 1 N–H and O–H groups in total. The van der Waals surface area contributed by atoms with Crippen molar-refractivity contribution in [2.45, 2.75) is 19.4 Å². The standard InChI is InChI=1S/C13H19NO5/c1-4-5-18-11(17)14-6-9-7-19-12(2,3)13(9,8-14)10(15)16/h4,9H,1,5-8H2,2-3H3,(H,15,16)/t9-,13-/m0/s1. The van der Waals surface area contributed by atoms with Gasteiger partial charge >= 0.3 is 12.1 Å². The molecule has 2 aliphatic rings. The molecule has 0 aromatic carbocycles. The Bertz CT molecular complexity index is 419. The molecule has 2 atom stereocenters. The minimum absolute atomic E-state index is 0.121. The van der Waals surface area contributed by atoms with E-state index in [1.54, 1.807) is 13.8 Å². The quantitative estimate of drug-likeness (QED) is 0.777. The van der Waals surface area contributed by atoms with E-state index in [0.717, 1.165) is 0 Å². The summed E-state index contributed by atoms with van der Waals surface area (Å²) in [6.45, 7) is 7.95. The first-order valence-corrected chi connectivity index (χ1v) is 6.25. The summed E-state index contributed by atoms with van der Waals surface area (Å²) in [6.07, 6.45) is 0.986. The van der Waals surface area contributed by atoms with Crippen molar-refractivity contribution in [3.63, 3.8) is 0 Å². The number of hydrogen-bond acceptors (Lipinski definition) is 4. The molecular weight excluding hydrogens is 250 g/mol. The zero-order valence-corrected chi connectivity index (χ0v) is 11.2. The van der Waals surface area contributed by atoms with Crippen molar-refractivity contribution in [1.82, 2.24) is 4.90 Å². The van der Waals surface area contributed by atoms with E-state index in [9.17, 15) is 14.7 Å². The van der Waals surface area contributed by atoms with E-state index < -0.39 is 23.1 Å². The topological polar surface area (TPSA) is 76.1 Å². The summed E-state index contributed by atoms with van der Waals surface area (Å²) in [6, 6.07) is 0. The van der Waals surface area contributed by atoms with Crippen molar-refractivity contribution in [2.24, 2.45) is 11.3 Å². The summed E-state index contributed by atoms with van der Waals surface area (Å²) in [5, 5.41) is 9.61. The zero-order valence-electron chi connectivity index (χ0n) is 11.2. The normalized spacial score (nSPS) is 31.9. The monoisotopic (exact) mass is 269 g/mol. The molecule has 0 unspecified atom stereocenters. The Hall–Kier alpha value is -1.56. The Morgan fingerprint density at radius 3 is 2.79 bits per heavy atom. The van der Waals surface area contributed by atoms with E-state index in [1.165, 1.54) is 11.0 Å². The third-order valence-corrected chi connectivity index (χ3v) is 4.26. The van der Waals surface area contributed by atoms with E-state index in [2.05, 4.69) is 6.58 Å². The Kier molecular flexibility index (Phi) is 3.30. The lowest BCUT2D eigenvalue weighted by atomic mass is 9.69. The molecule has 0 spiro atoms. The second kappa shape index (κ2) is 4.52. The highest BCUT2D eigenvalue weighted by Crippen LogP contribution is 2.52. The van der Waals surface area contributed by atoms with Crippen LogP contribution >= 0.6 is 0 Å². The van der Waals surface area contributed by atoms with Crippen LogP contribution in [0.3, 0.4) is 0 Å². The second-order valence-electron chi connectivity index (χ2n) is 5.54. The number of amides is 1. The first-order valence-electron chi connectivity index (χ1n) is 6.25. The summed E-state index contributed by atoms with van der Waals surface area (Å²) < 4.78 is 10.6. The van der Waals surface area contributed by atoms with Crippen molar-refractivity contribution < 1.29 is 24.2 Å². The van der Waals surface area contributed by atoms with E-state index in [1.807, 2.05) is 0 Å². The summed E-state index contributed by atoms with van der Waals surface area (Å²) in [7, 11) is 0. The van der Waals surface area contributed by atoms with Crippen LogP contribution in [0, 0.1) is 11.3 Å². The highest BCUT2D eigenvalue weighted by atomic mass is 16.6. The molecule has 2 rings (SSSR count). The van der Waals surface area contributed by atoms with Gasteiger partial charge < -0.3 is 19.5 Å². The molecule has 0 aliphatic carbocycles. The van der Waals surface area contributed by atoms with Gasteiger partial charge in [0.1, 0.15) is 12.0 Å². The average molecular weight is 269 g/mol. The molecule has 6 nitrogen and oxygen atoms in total. The predicted molar refractivity (Wildman–Crippen MR) is 66.7 cm³/mol. The number of aliphatic carboxylic acids is 1. The van der Waals surface area contributed by atoms with Crippen molar-refractivity contribution in [2.75, 3.05) is 26.3 Å². The van der Waals surface area contributed by atoms with Gasteiger partial charge in [0.25, 0.3) is 0 Å². The number of ether oxygens (including phenoxy) is 2. The number of rotatable bonds is 3. The molecule has 2 saturated heterocycles. The van der Waals surface area contributed by atoms with Crippen LogP contribution in [-0.4, -0.2) is 54.0 Å². The lowest BCUT2D eigenvalue weighted by Gasteiger charge is -2.35. The fourth-order valence-electron chi connectivity index (χ4n) is 3.09. The molecule has 0 aromatic rings. The number of fused-ring (bicyclic) bond motifs is 1. The van der Waals surface area contributed by atoms with Crippen LogP contribution in [0.4, 0.5) is 4.79 Å². The van der Waals surface area contributed by atoms with Gasteiger partial charge in [0.2, 0.25) is 0 Å². The Labute approximate surface area is 112 Å². The molecule has 2 fully saturated rings. The molecular formula is C13H19NO5. The van der Waals surface area contributed by atoms with Crippen LogP contribution in [0.5, 0.6) is 0 Å². The number of likely N-dealkylation sites (tertiary alicyclic amines) is 1. The van der Waals surface area contributed by atoms with Gasteiger partial charge in [-0.2, -0.15) is 0 Å². The van der Waals surface area contributed by atoms with Gasteiger partial charge in [0, 0.05) is 19.0 Å². The Morgan fingerprint density at radius 2 is 2.26 bits per heavy atom. The highest BCUT2D eigenvalue weighted by molar-refractivity contribution is 5.80. The molecule has 0 aromatic heterocycles. The third-order valence-electron chi connectivity index (χ3n) is 4.26. The molecule has 1 amide bonds.